The van der Waals surface area contributed by atoms with E-state index in [2.05, 4.69) is 97.8 Å². The fourth-order valence-electron chi connectivity index (χ4n) is 9.28. The summed E-state index contributed by atoms with van der Waals surface area (Å²) in [6.07, 6.45) is -1.47. The van der Waals surface area contributed by atoms with Gasteiger partial charge in [-0.1, -0.05) is 75.3 Å². The summed E-state index contributed by atoms with van der Waals surface area (Å²) < 4.78 is 82.2. The highest BCUT2D eigenvalue weighted by Crippen LogP contribution is 2.45. The Morgan fingerprint density at radius 3 is 1.30 bits per heavy atom. The maximum Gasteiger partial charge on any atom is 0.303 e. The molecule has 96 heavy (non-hydrogen) atoms. The zero-order chi connectivity index (χ0) is 71.8. The van der Waals surface area contributed by atoms with Gasteiger partial charge in [-0.25, -0.2) is 0 Å². The zero-order valence-electron chi connectivity index (χ0n) is 59.6. The van der Waals surface area contributed by atoms with Crippen molar-refractivity contribution in [3.05, 3.63) is 68.4 Å². The lowest BCUT2D eigenvalue weighted by molar-refractivity contribution is -0.248. The van der Waals surface area contributed by atoms with Crippen molar-refractivity contribution in [2.75, 3.05) is 79.3 Å². The highest BCUT2D eigenvalue weighted by molar-refractivity contribution is 6.75. The Kier molecular flexibility index (Phi) is 36.1. The molecule has 10 atom stereocenters. The number of hydrogen-bond donors (Lipinski definition) is 0. The standard InChI is InChI=1S/C34H55N3O11Si.C32H51N3O11Si/c1-23-24(2)33(47-31(22-43-25(3)38)32(23)45-26(4)39)46-29-15-13-27(21-30(29)48-49(8,9)34(5,6)7)12-14-28(40)11-10-16-41-17-18-42-19-20-44-37-36-35;1-21-22(2)31(45-29(20-41-23(3)36)30(21)43-24(4)37)44-27-13-12-25(19-28(27)46-47(8,9)32(5,6)7)26(38)11-10-14-39-15-16-40-17-18-42-35-34-33/h13,15,21,23-24,31-33H,10-12,14,16-20,22H2,1-9H3;12-13,19,21-22,29-31H,10-11,14-18,20H2,1-9H3/t23-,24-,31-,32-,33-;21-,22-,29-,30-,31-/m11/s1. The molecule has 2 aromatic rings. The third-order valence-electron chi connectivity index (χ3n) is 17.2. The molecule has 0 aromatic heterocycles. The lowest BCUT2D eigenvalue weighted by atomic mass is 9.84. The molecule has 2 aliphatic heterocycles. The number of carbonyl (C=O) groups excluding carboxylic acids is 6. The number of hydrogen-bond acceptors (Lipinski definition) is 24. The van der Waals surface area contributed by atoms with Crippen LogP contribution in [0.3, 0.4) is 0 Å². The highest BCUT2D eigenvalue weighted by atomic mass is 28.4. The summed E-state index contributed by atoms with van der Waals surface area (Å²) in [6.45, 7) is 37.5. The van der Waals surface area contributed by atoms with Gasteiger partial charge in [0.1, 0.15) is 78.7 Å². The minimum absolute atomic E-state index is 0.0618. The van der Waals surface area contributed by atoms with Gasteiger partial charge in [-0.15, -0.1) is 0 Å². The van der Waals surface area contributed by atoms with E-state index in [4.69, 9.17) is 76.8 Å². The van der Waals surface area contributed by atoms with Crippen molar-refractivity contribution >= 4 is 52.1 Å². The van der Waals surface area contributed by atoms with Crippen LogP contribution in [0.4, 0.5) is 0 Å². The van der Waals surface area contributed by atoms with Gasteiger partial charge in [0.15, 0.2) is 17.3 Å². The molecule has 2 aromatic carbocycles. The fourth-order valence-corrected chi connectivity index (χ4v) is 11.3. The Morgan fingerprint density at radius 1 is 0.500 bits per heavy atom. The molecule has 2 heterocycles. The summed E-state index contributed by atoms with van der Waals surface area (Å²) in [5.74, 6) is -0.551. The van der Waals surface area contributed by atoms with Gasteiger partial charge in [0.05, 0.1) is 39.6 Å². The molecule has 0 radical (unpaired) electrons. The van der Waals surface area contributed by atoms with E-state index in [1.165, 1.54) is 27.7 Å². The Balaban J connectivity index is 0.000000501. The topological polar surface area (TPSA) is 348 Å². The molecule has 0 amide bonds. The van der Waals surface area contributed by atoms with Gasteiger partial charge in [-0.2, -0.15) is 0 Å². The molecule has 2 saturated heterocycles. The van der Waals surface area contributed by atoms with Crippen LogP contribution < -0.4 is 18.3 Å². The van der Waals surface area contributed by atoms with E-state index in [0.717, 1.165) is 5.56 Å². The number of carbonyl (C=O) groups is 6. The number of esters is 4. The van der Waals surface area contributed by atoms with Crippen molar-refractivity contribution in [3.63, 3.8) is 0 Å². The van der Waals surface area contributed by atoms with Crippen molar-refractivity contribution in [3.8, 4) is 23.0 Å². The molecule has 28 nitrogen and oxygen atoms in total. The number of ether oxygens (including phenoxy) is 12. The Hall–Kier alpha value is -6.73. The number of Topliss-reactive ketones (excluding diaryl/α,β-unsaturated/α-hetero) is 2. The number of nitrogens with zero attached hydrogens (tertiary/aromatic N) is 6. The second kappa shape index (κ2) is 41.5. The summed E-state index contributed by atoms with van der Waals surface area (Å²) in [7, 11) is -4.66. The SMILES string of the molecule is CC(=O)OC[C@H]1O[C@@H](Oc2ccc(C(=O)CCCOCCOCCON=[N+]=[N-])cc2O[Si](C)(C)C(C)(C)C)[C@H](C)[C@@H](C)[C@H]1OC(C)=O.CC(=O)OC[C@H]1O[C@@H](Oc2ccc(CCC(=O)CCCOCCOCCON=[N+]=[N-])cc2O[Si](C)(C)C(C)(C)C)[C@H](C)[C@@H](C)[C@H]1OC(C)=O. The second-order valence-corrected chi connectivity index (χ2v) is 36.3. The van der Waals surface area contributed by atoms with Crippen LogP contribution in [0.2, 0.25) is 36.3 Å². The van der Waals surface area contributed by atoms with Gasteiger partial charge in [-0.3, -0.25) is 28.8 Å². The molecule has 2 aliphatic rings. The molecule has 0 spiro atoms. The van der Waals surface area contributed by atoms with Gasteiger partial charge >= 0.3 is 23.9 Å². The molecule has 4 rings (SSSR count). The quantitative estimate of drug-likeness (QED) is 0.00688. The summed E-state index contributed by atoms with van der Waals surface area (Å²) in [5, 5.41) is 5.71. The van der Waals surface area contributed by atoms with Crippen LogP contribution in [0, 0.1) is 23.7 Å². The molecule has 0 bridgehead atoms. The molecule has 0 N–H and O–H groups in total. The summed E-state index contributed by atoms with van der Waals surface area (Å²) in [4.78, 5) is 86.9. The minimum Gasteiger partial charge on any atom is -0.541 e. The van der Waals surface area contributed by atoms with Crippen molar-refractivity contribution < 1.29 is 104 Å². The zero-order valence-corrected chi connectivity index (χ0v) is 61.6. The maximum atomic E-state index is 13.2. The van der Waals surface area contributed by atoms with E-state index in [1.807, 2.05) is 45.9 Å². The molecule has 0 aliphatic carbocycles. The molecule has 30 heteroatoms. The van der Waals surface area contributed by atoms with Crippen LogP contribution >= 0.6 is 0 Å². The van der Waals surface area contributed by atoms with Crippen LogP contribution in [0.1, 0.15) is 145 Å². The maximum absolute atomic E-state index is 13.2. The first-order chi connectivity index (χ1) is 45.1. The third-order valence-corrected chi connectivity index (χ3v) is 25.9. The van der Waals surface area contributed by atoms with E-state index >= 15 is 0 Å². The normalized spacial score (nSPS) is 21.1. The Morgan fingerprint density at radius 2 is 0.896 bits per heavy atom. The fraction of sp³-hybridized carbons (Fsp3) is 0.727. The first kappa shape index (κ1) is 83.5. The number of aryl methyl sites for hydroxylation is 1. The van der Waals surface area contributed by atoms with Gasteiger partial charge in [-0.05, 0) is 102 Å². The van der Waals surface area contributed by atoms with Crippen LogP contribution in [-0.2, 0) is 87.4 Å². The van der Waals surface area contributed by atoms with Gasteiger partial charge in [0.2, 0.25) is 12.6 Å². The van der Waals surface area contributed by atoms with Gasteiger partial charge in [0.25, 0.3) is 16.6 Å². The van der Waals surface area contributed by atoms with Crippen molar-refractivity contribution in [2.45, 2.75) is 209 Å². The van der Waals surface area contributed by atoms with Gasteiger partial charge < -0.3 is 75.4 Å². The number of benzene rings is 2. The van der Waals surface area contributed by atoms with Crippen LogP contribution in [0.25, 0.3) is 20.9 Å². The van der Waals surface area contributed by atoms with Crippen LogP contribution in [-0.4, -0.2) is 168 Å². The second-order valence-electron chi connectivity index (χ2n) is 26.8. The van der Waals surface area contributed by atoms with Crippen molar-refractivity contribution in [2.24, 2.45) is 34.2 Å². The summed E-state index contributed by atoms with van der Waals surface area (Å²) in [5.41, 5.74) is 17.7. The summed E-state index contributed by atoms with van der Waals surface area (Å²) in [6, 6.07) is 10.9. The number of ketones is 2. The lowest BCUT2D eigenvalue weighted by Gasteiger charge is -2.43. The predicted octanol–water partition coefficient (Wildman–Crippen LogP) is 12.7. The molecule has 540 valence electrons. The van der Waals surface area contributed by atoms with E-state index in [9.17, 15) is 28.8 Å². The third kappa shape index (κ3) is 29.5. The van der Waals surface area contributed by atoms with Crippen molar-refractivity contribution in [1.29, 1.82) is 0 Å². The molecule has 2 fully saturated rings. The van der Waals surface area contributed by atoms with Crippen LogP contribution in [0.5, 0.6) is 23.0 Å². The molecule has 0 saturated carbocycles. The lowest BCUT2D eigenvalue weighted by Crippen LogP contribution is -2.54. The predicted molar refractivity (Wildman–Crippen MR) is 358 cm³/mol. The monoisotopic (exact) mass is 1390 g/mol. The number of rotatable bonds is 40. The molecule has 0 unspecified atom stereocenters. The highest BCUT2D eigenvalue weighted by Gasteiger charge is 2.48. The van der Waals surface area contributed by atoms with Gasteiger partial charge in [0, 0.05) is 99.2 Å². The largest absolute Gasteiger partial charge is 0.541 e. The van der Waals surface area contributed by atoms with E-state index in [-0.39, 0.29) is 84.8 Å². The first-order valence-corrected chi connectivity index (χ1v) is 38.5. The van der Waals surface area contributed by atoms with Crippen LogP contribution in [0.15, 0.2) is 47.0 Å². The Labute approximate surface area is 567 Å². The number of azide groups is 2. The summed E-state index contributed by atoms with van der Waals surface area (Å²) >= 11 is 0. The molecular formula is C66H106N6O22Si2. The van der Waals surface area contributed by atoms with Crippen molar-refractivity contribution in [1.82, 2.24) is 0 Å². The average molecular weight is 1390 g/mol. The average Bonchev–Trinajstić information content (AvgIpc) is 0.800. The van der Waals surface area contributed by atoms with E-state index in [1.54, 1.807) is 18.2 Å². The van der Waals surface area contributed by atoms with E-state index < -0.39 is 77.5 Å². The Bertz CT molecular complexity index is 2880. The molecular weight excluding hydrogens is 1280 g/mol. The van der Waals surface area contributed by atoms with E-state index in [0.29, 0.717) is 107 Å². The smallest absolute Gasteiger partial charge is 0.303 e. The first-order valence-electron chi connectivity index (χ1n) is 32.7. The minimum atomic E-state index is -2.36.